The van der Waals surface area contributed by atoms with E-state index in [1.54, 1.807) is 12.1 Å². The first-order valence-electron chi connectivity index (χ1n) is 5.74. The molecular formula is C12H11ClN4O3S. The number of hydrogen-bond donors (Lipinski definition) is 2. The third kappa shape index (κ3) is 4.22. The number of rotatable bonds is 4. The quantitative estimate of drug-likeness (QED) is 0.858. The summed E-state index contributed by atoms with van der Waals surface area (Å²) < 4.78 is 22.5. The zero-order valence-electron chi connectivity index (χ0n) is 10.7. The number of hydrogen-bond acceptors (Lipinski definition) is 5. The minimum absolute atomic E-state index is 0.0134. The van der Waals surface area contributed by atoms with E-state index in [1.807, 2.05) is 0 Å². The van der Waals surface area contributed by atoms with Crippen molar-refractivity contribution in [1.29, 1.82) is 0 Å². The highest BCUT2D eigenvalue weighted by Gasteiger charge is 2.10. The Balaban J connectivity index is 2.06. The summed E-state index contributed by atoms with van der Waals surface area (Å²) in [6.07, 6.45) is 2.51. The number of sulfonamides is 1. The van der Waals surface area contributed by atoms with Crippen LogP contribution in [-0.2, 0) is 16.6 Å². The van der Waals surface area contributed by atoms with Crippen LogP contribution in [0.1, 0.15) is 16.1 Å². The molecule has 0 bridgehead atoms. The van der Waals surface area contributed by atoms with Gasteiger partial charge in [-0.05, 0) is 17.7 Å². The topological polar surface area (TPSA) is 115 Å². The third-order valence-electron chi connectivity index (χ3n) is 2.53. The van der Waals surface area contributed by atoms with E-state index in [0.717, 1.165) is 0 Å². The molecule has 2 rings (SSSR count). The molecule has 0 spiro atoms. The average molecular weight is 327 g/mol. The van der Waals surface area contributed by atoms with E-state index in [9.17, 15) is 13.2 Å². The highest BCUT2D eigenvalue weighted by Crippen LogP contribution is 2.09. The van der Waals surface area contributed by atoms with Crippen molar-refractivity contribution in [2.24, 2.45) is 5.14 Å². The van der Waals surface area contributed by atoms with Crippen LogP contribution < -0.4 is 10.5 Å². The molecule has 0 atom stereocenters. The zero-order valence-corrected chi connectivity index (χ0v) is 12.2. The number of halogens is 1. The van der Waals surface area contributed by atoms with Gasteiger partial charge in [0, 0.05) is 6.54 Å². The van der Waals surface area contributed by atoms with Gasteiger partial charge in [0.05, 0.1) is 17.3 Å². The van der Waals surface area contributed by atoms with Gasteiger partial charge in [-0.3, -0.25) is 4.79 Å². The van der Waals surface area contributed by atoms with E-state index in [-0.39, 0.29) is 22.3 Å². The predicted molar refractivity (Wildman–Crippen MR) is 76.0 cm³/mol. The van der Waals surface area contributed by atoms with Crippen molar-refractivity contribution < 1.29 is 13.2 Å². The molecule has 0 aliphatic carbocycles. The van der Waals surface area contributed by atoms with Crippen LogP contribution in [0.15, 0.2) is 41.6 Å². The van der Waals surface area contributed by atoms with Gasteiger partial charge in [-0.1, -0.05) is 23.7 Å². The van der Waals surface area contributed by atoms with Crippen LogP contribution in [-0.4, -0.2) is 24.3 Å². The lowest BCUT2D eigenvalue weighted by atomic mass is 10.2. The van der Waals surface area contributed by atoms with Gasteiger partial charge in [0.1, 0.15) is 10.8 Å². The number of aromatic nitrogens is 2. The maximum absolute atomic E-state index is 11.8. The Morgan fingerprint density at radius 2 is 2.05 bits per heavy atom. The lowest BCUT2D eigenvalue weighted by molar-refractivity contribution is 0.0945. The first-order chi connectivity index (χ1) is 9.86. The second-order valence-corrected chi connectivity index (χ2v) is 6.05. The molecule has 0 aliphatic rings. The summed E-state index contributed by atoms with van der Waals surface area (Å²) in [6, 6.07) is 5.99. The molecule has 0 saturated heterocycles. The van der Waals surface area contributed by atoms with Crippen molar-refractivity contribution >= 4 is 27.5 Å². The maximum atomic E-state index is 11.8. The molecule has 1 heterocycles. The molecule has 110 valence electrons. The predicted octanol–water partition coefficient (Wildman–Crippen LogP) is 0.707. The number of nitrogens with one attached hydrogen (secondary N) is 1. The Hall–Kier alpha value is -2.03. The Labute approximate surface area is 126 Å². The third-order valence-corrected chi connectivity index (χ3v) is 3.64. The molecular weight excluding hydrogens is 316 g/mol. The molecule has 2 aromatic rings. The van der Waals surface area contributed by atoms with Crippen LogP contribution in [0.3, 0.4) is 0 Å². The summed E-state index contributed by atoms with van der Waals surface area (Å²) in [5.41, 5.74) is 0.707. The second-order valence-electron chi connectivity index (χ2n) is 4.10. The van der Waals surface area contributed by atoms with Crippen LogP contribution >= 0.6 is 11.6 Å². The van der Waals surface area contributed by atoms with E-state index in [4.69, 9.17) is 16.7 Å². The number of carbonyl (C=O) groups excluding carboxylic acids is 1. The fourth-order valence-corrected chi connectivity index (χ4v) is 2.22. The van der Waals surface area contributed by atoms with E-state index in [0.29, 0.717) is 5.56 Å². The molecule has 0 radical (unpaired) electrons. The van der Waals surface area contributed by atoms with Gasteiger partial charge in [0.2, 0.25) is 10.0 Å². The monoisotopic (exact) mass is 326 g/mol. The fourth-order valence-electron chi connectivity index (χ4n) is 1.53. The minimum Gasteiger partial charge on any atom is -0.347 e. The molecule has 0 saturated carbocycles. The Morgan fingerprint density at radius 1 is 1.29 bits per heavy atom. The van der Waals surface area contributed by atoms with Crippen LogP contribution in [0.4, 0.5) is 0 Å². The van der Waals surface area contributed by atoms with Crippen molar-refractivity contribution in [3.05, 3.63) is 53.1 Å². The van der Waals surface area contributed by atoms with Gasteiger partial charge >= 0.3 is 0 Å². The molecule has 1 aromatic heterocycles. The van der Waals surface area contributed by atoms with Crippen LogP contribution in [0.25, 0.3) is 0 Å². The Morgan fingerprint density at radius 3 is 2.67 bits per heavy atom. The van der Waals surface area contributed by atoms with Crippen LogP contribution in [0.2, 0.25) is 5.15 Å². The van der Waals surface area contributed by atoms with E-state index in [1.165, 1.54) is 24.5 Å². The van der Waals surface area contributed by atoms with Gasteiger partial charge in [0.25, 0.3) is 5.91 Å². The second kappa shape index (κ2) is 6.17. The normalized spacial score (nSPS) is 11.1. The lowest BCUT2D eigenvalue weighted by Gasteiger charge is -2.06. The van der Waals surface area contributed by atoms with Crippen molar-refractivity contribution in [2.75, 3.05) is 0 Å². The van der Waals surface area contributed by atoms with Crippen LogP contribution in [0, 0.1) is 0 Å². The summed E-state index contributed by atoms with van der Waals surface area (Å²) in [6.45, 7) is 0.131. The molecule has 0 unspecified atom stereocenters. The smallest absolute Gasteiger partial charge is 0.271 e. The van der Waals surface area contributed by atoms with Crippen molar-refractivity contribution in [2.45, 2.75) is 11.4 Å². The largest absolute Gasteiger partial charge is 0.347 e. The van der Waals surface area contributed by atoms with Crippen molar-refractivity contribution in [3.8, 4) is 0 Å². The summed E-state index contributed by atoms with van der Waals surface area (Å²) in [5.74, 6) is -0.444. The molecule has 21 heavy (non-hydrogen) atoms. The standard InChI is InChI=1S/C12H11ClN4O3S/c13-11-7-15-10(6-16-11)12(18)17-5-8-2-1-3-9(4-8)21(14,19)20/h1-4,6-7H,5H2,(H,17,18)(H2,14,19,20). The number of nitrogens with two attached hydrogens (primary N) is 1. The zero-order chi connectivity index (χ0) is 15.5. The van der Waals surface area contributed by atoms with E-state index in [2.05, 4.69) is 15.3 Å². The van der Waals surface area contributed by atoms with Crippen molar-refractivity contribution in [3.63, 3.8) is 0 Å². The molecule has 1 aromatic carbocycles. The number of benzene rings is 1. The summed E-state index contributed by atoms with van der Waals surface area (Å²) in [4.78, 5) is 19.4. The summed E-state index contributed by atoms with van der Waals surface area (Å²) >= 11 is 5.58. The number of primary sulfonamides is 1. The molecule has 0 fully saturated rings. The molecule has 1 amide bonds. The highest BCUT2D eigenvalue weighted by molar-refractivity contribution is 7.89. The number of nitrogens with zero attached hydrogens (tertiary/aromatic N) is 2. The van der Waals surface area contributed by atoms with Gasteiger partial charge in [-0.2, -0.15) is 0 Å². The maximum Gasteiger partial charge on any atom is 0.271 e. The SMILES string of the molecule is NS(=O)(=O)c1cccc(CNC(=O)c2cnc(Cl)cn2)c1. The number of amides is 1. The van der Waals surface area contributed by atoms with E-state index >= 15 is 0 Å². The number of carbonyl (C=O) groups is 1. The van der Waals surface area contributed by atoms with Gasteiger partial charge < -0.3 is 5.32 Å². The molecule has 7 nitrogen and oxygen atoms in total. The lowest BCUT2D eigenvalue weighted by Crippen LogP contribution is -2.24. The summed E-state index contributed by atoms with van der Waals surface area (Å²) in [5, 5.41) is 7.82. The van der Waals surface area contributed by atoms with Gasteiger partial charge in [0.15, 0.2) is 0 Å². The summed E-state index contributed by atoms with van der Waals surface area (Å²) in [7, 11) is -3.77. The highest BCUT2D eigenvalue weighted by atomic mass is 35.5. The van der Waals surface area contributed by atoms with Gasteiger partial charge in [-0.15, -0.1) is 0 Å². The first-order valence-corrected chi connectivity index (χ1v) is 7.66. The van der Waals surface area contributed by atoms with Gasteiger partial charge in [-0.25, -0.2) is 23.5 Å². The fraction of sp³-hybridized carbons (Fsp3) is 0.0833. The minimum atomic E-state index is -3.77. The van der Waals surface area contributed by atoms with E-state index < -0.39 is 15.9 Å². The average Bonchev–Trinajstić information content (AvgIpc) is 2.45. The van der Waals surface area contributed by atoms with Crippen LogP contribution in [0.5, 0.6) is 0 Å². The molecule has 3 N–H and O–H groups in total. The first kappa shape index (κ1) is 15.4. The Bertz CT molecular complexity index is 762. The molecule has 0 aliphatic heterocycles. The van der Waals surface area contributed by atoms with Crippen molar-refractivity contribution in [1.82, 2.24) is 15.3 Å². The molecule has 9 heteroatoms. The Kier molecular flexibility index (Phi) is 4.51.